The number of carbonyl (C=O) groups is 1. The minimum Gasteiger partial charge on any atom is -0.741 e. The normalized spacial score (nSPS) is 13.2. The van der Waals surface area contributed by atoms with Gasteiger partial charge in [0.25, 0.3) is 10.1 Å². The van der Waals surface area contributed by atoms with Gasteiger partial charge in [0.1, 0.15) is 24.4 Å². The molecule has 5 rings (SSSR count). The fourth-order valence-corrected chi connectivity index (χ4v) is 7.96. The number of phenols is 1. The molecule has 0 heterocycles. The van der Waals surface area contributed by atoms with Crippen LogP contribution in [0.2, 0.25) is 0 Å². The van der Waals surface area contributed by atoms with E-state index >= 15 is 0 Å². The van der Waals surface area contributed by atoms with Gasteiger partial charge in [-0.1, -0.05) is 78.4 Å². The van der Waals surface area contributed by atoms with Gasteiger partial charge >= 0.3 is 5.51 Å². The van der Waals surface area contributed by atoms with Gasteiger partial charge in [-0.2, -0.15) is 34.2 Å². The number of halogens is 3. The van der Waals surface area contributed by atoms with E-state index in [1.807, 2.05) is 25.3 Å². The molecule has 0 fully saturated rings. The lowest BCUT2D eigenvalue weighted by molar-refractivity contribution is -0.0517. The highest BCUT2D eigenvalue weighted by atomic mass is 32.2. The molecule has 306 valence electrons. The number of aliphatic hydroxyl groups is 1. The van der Waals surface area contributed by atoms with Crippen LogP contribution in [0, 0.1) is 13.8 Å². The third-order valence-corrected chi connectivity index (χ3v) is 13.0. The first kappa shape index (κ1) is 47.6. The van der Waals surface area contributed by atoms with Gasteiger partial charge in [0.15, 0.2) is 20.6 Å². The van der Waals surface area contributed by atoms with Crippen molar-refractivity contribution in [1.29, 1.82) is 0 Å². The molecule has 0 aliphatic rings. The molecule has 0 spiro atoms. The maximum Gasteiger partial charge on any atom is 0.485 e. The van der Waals surface area contributed by atoms with Crippen molar-refractivity contribution < 1.29 is 53.8 Å². The van der Waals surface area contributed by atoms with Crippen LogP contribution in [0.4, 0.5) is 13.2 Å². The zero-order valence-corrected chi connectivity index (χ0v) is 35.3. The number of benzene rings is 5. The number of Topliss-reactive ketones (excluding diaryl/α,β-unsaturated/α-hetero) is 1. The number of hydrogen-bond donors (Lipinski definition) is 3. The van der Waals surface area contributed by atoms with E-state index in [-0.39, 0.29) is 26.9 Å². The van der Waals surface area contributed by atoms with E-state index in [2.05, 4.69) is 50.1 Å². The molecule has 0 aliphatic carbocycles. The van der Waals surface area contributed by atoms with Crippen LogP contribution in [0.25, 0.3) is 0 Å². The molecule has 0 saturated heterocycles. The van der Waals surface area contributed by atoms with Gasteiger partial charge < -0.3 is 14.8 Å². The Labute approximate surface area is 344 Å². The summed E-state index contributed by atoms with van der Waals surface area (Å²) in [7, 11) is -10.1. The molecule has 2 N–H and O–H groups in total. The Morgan fingerprint density at radius 1 is 0.842 bits per heavy atom. The second kappa shape index (κ2) is 20.7. The summed E-state index contributed by atoms with van der Waals surface area (Å²) in [5, 5.41) is 20.8. The monoisotopic (exact) mass is 882 g/mol. The minimum atomic E-state index is -6.09. The molecule has 2 unspecified atom stereocenters. The largest absolute Gasteiger partial charge is 0.741 e. The van der Waals surface area contributed by atoms with E-state index in [1.54, 1.807) is 72.8 Å². The maximum atomic E-state index is 13.4. The summed E-state index contributed by atoms with van der Waals surface area (Å²) >= 11 is 5.72. The van der Waals surface area contributed by atoms with Crippen LogP contribution in [0.15, 0.2) is 136 Å². The standard InChI is InChI=1S/C24H24O5S3.C15H16OS.CHF3O3S/c1-17-3-13-22(14-4-17)32(27,28)29-16-24(26,20-9-11-21(31-2)12-10-20)23(25)19-7-5-18(15-30)6-8-19;1-12-5-3-4-6-13(12)11-17(2)15-9-7-14(16)8-10-15;2-1(3,4)8(5,6)7/h3-14,26,30H,15-16H2,1-2H3;3-10H,11H2,1-2H3;(H,5,6,7). The van der Waals surface area contributed by atoms with Gasteiger partial charge in [-0.25, -0.2) is 8.42 Å². The molecule has 5 aromatic carbocycles. The summed E-state index contributed by atoms with van der Waals surface area (Å²) < 4.78 is 89.5. The van der Waals surface area contributed by atoms with Crippen LogP contribution in [-0.4, -0.2) is 62.0 Å². The molecule has 17 heteroatoms. The average Bonchev–Trinajstić information content (AvgIpc) is 3.18. The Morgan fingerprint density at radius 2 is 1.39 bits per heavy atom. The molecule has 5 aromatic rings. The second-order valence-electron chi connectivity index (χ2n) is 12.4. The molecule has 0 aromatic heterocycles. The first-order valence-electron chi connectivity index (χ1n) is 16.7. The molecular formula is C40H41F3O9S5. The lowest BCUT2D eigenvalue weighted by Crippen LogP contribution is -2.41. The molecule has 0 saturated carbocycles. The van der Waals surface area contributed by atoms with E-state index in [4.69, 9.17) is 17.2 Å². The van der Waals surface area contributed by atoms with Crippen molar-refractivity contribution in [3.63, 3.8) is 0 Å². The smallest absolute Gasteiger partial charge is 0.485 e. The van der Waals surface area contributed by atoms with Gasteiger partial charge in [-0.05, 0) is 85.3 Å². The predicted octanol–water partition coefficient (Wildman–Crippen LogP) is 8.18. The third kappa shape index (κ3) is 13.9. The first-order valence-corrected chi connectivity index (χ1v) is 23.1. The second-order valence-corrected chi connectivity index (χ2v) is 18.6. The van der Waals surface area contributed by atoms with Crippen LogP contribution >= 0.6 is 24.4 Å². The fraction of sp³-hybridized carbons (Fsp3) is 0.225. The van der Waals surface area contributed by atoms with Gasteiger partial charge in [0.05, 0.1) is 4.90 Å². The Bertz CT molecular complexity index is 2290. The van der Waals surface area contributed by atoms with Crippen LogP contribution in [0.1, 0.15) is 38.2 Å². The molecule has 9 nitrogen and oxygen atoms in total. The summed E-state index contributed by atoms with van der Waals surface area (Å²) in [4.78, 5) is 15.6. The fourth-order valence-electron chi connectivity index (χ4n) is 4.85. The molecule has 0 aliphatic heterocycles. The summed E-state index contributed by atoms with van der Waals surface area (Å²) in [5.41, 5.74) is -2.78. The Kier molecular flexibility index (Phi) is 17.3. The van der Waals surface area contributed by atoms with Crippen LogP contribution in [-0.2, 0) is 52.4 Å². The Balaban J connectivity index is 0.000000288. The lowest BCUT2D eigenvalue weighted by atomic mass is 9.86. The van der Waals surface area contributed by atoms with Crippen molar-refractivity contribution in [1.82, 2.24) is 0 Å². The van der Waals surface area contributed by atoms with E-state index < -0.39 is 43.7 Å². The SMILES string of the molecule is CSc1ccc(C(O)(COS(=O)(=O)c2ccc(C)cc2)C(=O)c2ccc(CS)cc2)cc1.Cc1ccccc1C[S+](C)c1ccc(O)cc1.O=S(=O)([O-])C(F)(F)F. The maximum absolute atomic E-state index is 13.4. The van der Waals surface area contributed by atoms with E-state index in [9.17, 15) is 36.6 Å². The van der Waals surface area contributed by atoms with E-state index in [1.165, 1.54) is 39.9 Å². The summed E-state index contributed by atoms with van der Waals surface area (Å²) in [5.74, 6) is 1.26. The number of thioether (sulfide) groups is 1. The first-order chi connectivity index (χ1) is 26.6. The average molecular weight is 883 g/mol. The van der Waals surface area contributed by atoms with Crippen molar-refractivity contribution in [3.8, 4) is 5.75 Å². The Morgan fingerprint density at radius 3 is 1.88 bits per heavy atom. The number of ketones is 1. The highest BCUT2D eigenvalue weighted by Gasteiger charge is 2.41. The number of rotatable bonds is 12. The quantitative estimate of drug-likeness (QED) is 0.0212. The molecule has 2 atom stereocenters. The summed E-state index contributed by atoms with van der Waals surface area (Å²) in [6, 6.07) is 35.6. The number of thiol groups is 1. The lowest BCUT2D eigenvalue weighted by Gasteiger charge is -2.27. The van der Waals surface area contributed by atoms with Gasteiger partial charge in [-0.15, -0.1) is 11.8 Å². The molecule has 0 radical (unpaired) electrons. The number of aryl methyl sites for hydroxylation is 2. The van der Waals surface area contributed by atoms with Crippen LogP contribution in [0.3, 0.4) is 0 Å². The zero-order chi connectivity index (χ0) is 42.6. The topological polar surface area (TPSA) is 158 Å². The van der Waals surface area contributed by atoms with Crippen molar-refractivity contribution in [3.05, 3.63) is 155 Å². The number of phenolic OH excluding ortho intramolecular Hbond substituents is 1. The van der Waals surface area contributed by atoms with Gasteiger partial charge in [0, 0.05) is 32.7 Å². The highest BCUT2D eigenvalue weighted by Crippen LogP contribution is 2.30. The number of hydrogen-bond acceptors (Lipinski definition) is 11. The number of alkyl halides is 3. The van der Waals surface area contributed by atoms with E-state index in [0.717, 1.165) is 21.8 Å². The van der Waals surface area contributed by atoms with Crippen molar-refractivity contribution in [2.24, 2.45) is 0 Å². The van der Waals surface area contributed by atoms with Crippen LogP contribution < -0.4 is 0 Å². The van der Waals surface area contributed by atoms with Crippen molar-refractivity contribution >= 4 is 61.3 Å². The predicted molar refractivity (Wildman–Crippen MR) is 220 cm³/mol. The molecule has 0 bridgehead atoms. The minimum absolute atomic E-state index is 0.0474. The molecule has 0 amide bonds. The van der Waals surface area contributed by atoms with Gasteiger partial charge in [0.2, 0.25) is 5.78 Å². The molecule has 57 heavy (non-hydrogen) atoms. The number of carbonyl (C=O) groups excluding carboxylic acids is 1. The Hall–Kier alpha value is -3.81. The number of aromatic hydroxyl groups is 1. The summed E-state index contributed by atoms with van der Waals surface area (Å²) in [6.07, 6.45) is 4.16. The zero-order valence-electron chi connectivity index (χ0n) is 31.1. The van der Waals surface area contributed by atoms with Crippen molar-refractivity contribution in [2.45, 2.75) is 51.1 Å². The summed E-state index contributed by atoms with van der Waals surface area (Å²) in [6.45, 7) is 3.24. The van der Waals surface area contributed by atoms with Gasteiger partial charge in [-0.3, -0.25) is 8.98 Å². The van der Waals surface area contributed by atoms with Crippen molar-refractivity contribution in [2.75, 3.05) is 19.1 Å². The van der Waals surface area contributed by atoms with E-state index in [0.29, 0.717) is 11.5 Å². The highest BCUT2D eigenvalue weighted by molar-refractivity contribution is 7.98. The molecular weight excluding hydrogens is 842 g/mol. The van der Waals surface area contributed by atoms with Crippen LogP contribution in [0.5, 0.6) is 5.75 Å². The third-order valence-electron chi connectivity index (χ3n) is 8.23.